The molecule has 0 spiro atoms. The summed E-state index contributed by atoms with van der Waals surface area (Å²) < 4.78 is 1.99. The number of rotatable bonds is 8. The van der Waals surface area contributed by atoms with E-state index in [0.717, 1.165) is 35.1 Å². The number of hydrogen-bond acceptors (Lipinski definition) is 3. The van der Waals surface area contributed by atoms with Crippen molar-refractivity contribution in [1.82, 2.24) is 14.4 Å². The van der Waals surface area contributed by atoms with Gasteiger partial charge in [-0.2, -0.15) is 0 Å². The van der Waals surface area contributed by atoms with Crippen molar-refractivity contribution >= 4 is 16.8 Å². The van der Waals surface area contributed by atoms with Crippen molar-refractivity contribution in [2.24, 2.45) is 0 Å². The van der Waals surface area contributed by atoms with E-state index in [1.54, 1.807) is 4.90 Å². The summed E-state index contributed by atoms with van der Waals surface area (Å²) in [5, 5.41) is 11.8. The Morgan fingerprint density at radius 3 is 2.65 bits per heavy atom. The van der Waals surface area contributed by atoms with Crippen molar-refractivity contribution in [3.05, 3.63) is 60.8 Å². The predicted molar refractivity (Wildman–Crippen MR) is 105 cm³/mol. The summed E-state index contributed by atoms with van der Waals surface area (Å²) in [5.41, 5.74) is 2.84. The molecular formula is C21H27N3O2. The number of para-hydroxylation sites is 1. The zero-order chi connectivity index (χ0) is 18.7. The van der Waals surface area contributed by atoms with E-state index in [0.29, 0.717) is 26.2 Å². The van der Waals surface area contributed by atoms with E-state index in [4.69, 9.17) is 0 Å². The quantitative estimate of drug-likeness (QED) is 0.741. The molecule has 5 heteroatoms. The number of hydrogen-bond donors (Lipinski definition) is 1. The van der Waals surface area contributed by atoms with Gasteiger partial charge in [-0.05, 0) is 18.1 Å². The first-order chi connectivity index (χ1) is 12.6. The fourth-order valence-corrected chi connectivity index (χ4v) is 3.78. The molecule has 0 aliphatic carbocycles. The topological polar surface area (TPSA) is 48.7 Å². The molecular weight excluding hydrogens is 326 g/mol. The van der Waals surface area contributed by atoms with Crippen LogP contribution in [0.2, 0.25) is 0 Å². The van der Waals surface area contributed by atoms with E-state index in [-0.39, 0.29) is 5.91 Å². The number of nitrogens with zero attached hydrogens (tertiary/aromatic N) is 3. The highest BCUT2D eigenvalue weighted by Gasteiger charge is 2.29. The van der Waals surface area contributed by atoms with Gasteiger partial charge in [-0.25, -0.2) is 0 Å². The third-order valence-electron chi connectivity index (χ3n) is 4.96. The Kier molecular flexibility index (Phi) is 5.59. The highest BCUT2D eigenvalue weighted by molar-refractivity contribution is 6.02. The van der Waals surface area contributed by atoms with Gasteiger partial charge in [-0.15, -0.1) is 13.2 Å². The Morgan fingerprint density at radius 1 is 1.27 bits per heavy atom. The first-order valence-corrected chi connectivity index (χ1v) is 9.04. The lowest BCUT2D eigenvalue weighted by Crippen LogP contribution is -2.38. The summed E-state index contributed by atoms with van der Waals surface area (Å²) >= 11 is 0. The molecule has 26 heavy (non-hydrogen) atoms. The number of aromatic nitrogens is 1. The van der Waals surface area contributed by atoms with Crippen LogP contribution in [0.1, 0.15) is 16.1 Å². The lowest BCUT2D eigenvalue weighted by Gasteiger charge is -2.26. The van der Waals surface area contributed by atoms with E-state index < -0.39 is 6.10 Å². The van der Waals surface area contributed by atoms with Gasteiger partial charge in [0.05, 0.1) is 12.6 Å². The van der Waals surface area contributed by atoms with Crippen molar-refractivity contribution in [1.29, 1.82) is 0 Å². The molecule has 0 bridgehead atoms. The molecule has 138 valence electrons. The lowest BCUT2D eigenvalue weighted by atomic mass is 10.0. The number of amides is 1. The fraction of sp³-hybridized carbons (Fsp3) is 0.381. The van der Waals surface area contributed by atoms with E-state index in [1.165, 1.54) is 0 Å². The van der Waals surface area contributed by atoms with Crippen LogP contribution in [-0.2, 0) is 13.0 Å². The Bertz CT molecular complexity index is 814. The Labute approximate surface area is 154 Å². The Balaban J connectivity index is 1.93. The van der Waals surface area contributed by atoms with Crippen molar-refractivity contribution in [3.63, 3.8) is 0 Å². The number of aliphatic hydroxyl groups is 1. The molecule has 2 heterocycles. The monoisotopic (exact) mass is 353 g/mol. The summed E-state index contributed by atoms with van der Waals surface area (Å²) in [7, 11) is 1.83. The maximum Gasteiger partial charge on any atom is 0.270 e. The smallest absolute Gasteiger partial charge is 0.270 e. The van der Waals surface area contributed by atoms with Gasteiger partial charge in [-0.3, -0.25) is 9.69 Å². The number of carbonyl (C=O) groups is 1. The van der Waals surface area contributed by atoms with Crippen molar-refractivity contribution in [2.45, 2.75) is 19.1 Å². The molecule has 0 fully saturated rings. The van der Waals surface area contributed by atoms with Gasteiger partial charge >= 0.3 is 0 Å². The molecule has 0 saturated heterocycles. The zero-order valence-electron chi connectivity index (χ0n) is 15.4. The summed E-state index contributed by atoms with van der Waals surface area (Å²) in [4.78, 5) is 16.6. The normalized spacial score (nSPS) is 15.3. The summed E-state index contributed by atoms with van der Waals surface area (Å²) in [5.74, 6) is 0.0312. The average Bonchev–Trinajstić information content (AvgIpc) is 2.93. The molecule has 1 amide bonds. The third kappa shape index (κ3) is 3.45. The zero-order valence-corrected chi connectivity index (χ0v) is 15.4. The molecule has 0 unspecified atom stereocenters. The number of aliphatic hydroxyl groups excluding tert-OH is 1. The lowest BCUT2D eigenvalue weighted by molar-refractivity contribution is 0.0757. The van der Waals surface area contributed by atoms with Gasteiger partial charge in [-0.1, -0.05) is 30.4 Å². The minimum absolute atomic E-state index is 0.0312. The second-order valence-corrected chi connectivity index (χ2v) is 6.88. The fourth-order valence-electron chi connectivity index (χ4n) is 3.78. The number of likely N-dealkylation sites (N-methyl/N-ethyl adjacent to an activating group) is 1. The molecule has 3 rings (SSSR count). The van der Waals surface area contributed by atoms with Crippen LogP contribution >= 0.6 is 0 Å². The van der Waals surface area contributed by atoms with Crippen LogP contribution in [0.15, 0.2) is 49.6 Å². The van der Waals surface area contributed by atoms with Crippen LogP contribution in [-0.4, -0.2) is 64.7 Å². The Hall–Kier alpha value is -2.37. The van der Waals surface area contributed by atoms with Crippen LogP contribution in [0.25, 0.3) is 10.9 Å². The maximum atomic E-state index is 12.8. The van der Waals surface area contributed by atoms with Crippen LogP contribution in [0.5, 0.6) is 0 Å². The molecule has 0 radical (unpaired) electrons. The Morgan fingerprint density at radius 2 is 1.96 bits per heavy atom. The molecule has 1 aliphatic heterocycles. The van der Waals surface area contributed by atoms with Crippen LogP contribution in [0, 0.1) is 0 Å². The molecule has 1 atom stereocenters. The van der Waals surface area contributed by atoms with Gasteiger partial charge in [0.15, 0.2) is 0 Å². The largest absolute Gasteiger partial charge is 0.390 e. The minimum Gasteiger partial charge on any atom is -0.390 e. The third-order valence-corrected chi connectivity index (χ3v) is 4.96. The highest BCUT2D eigenvalue weighted by Crippen LogP contribution is 2.30. The van der Waals surface area contributed by atoms with Crippen LogP contribution < -0.4 is 0 Å². The molecule has 0 saturated carbocycles. The highest BCUT2D eigenvalue weighted by atomic mass is 16.3. The SMILES string of the molecule is C=CCN(CC=C)C[C@@H](O)Cn1c2c(c3ccccc31)CCN(C)C2=O. The van der Waals surface area contributed by atoms with E-state index in [9.17, 15) is 9.90 Å². The van der Waals surface area contributed by atoms with Gasteiger partial charge in [0, 0.05) is 44.1 Å². The van der Waals surface area contributed by atoms with Gasteiger partial charge in [0.1, 0.15) is 5.69 Å². The standard InChI is InChI=1S/C21H27N3O2/c1-4-11-23(12-5-2)14-16(25)15-24-19-9-7-6-8-17(19)18-10-13-22(3)21(26)20(18)24/h4-9,16,25H,1-2,10-15H2,3H3/t16-/m1/s1. The van der Waals surface area contributed by atoms with Gasteiger partial charge in [0.2, 0.25) is 0 Å². The first-order valence-electron chi connectivity index (χ1n) is 9.04. The molecule has 1 aromatic heterocycles. The number of carbonyl (C=O) groups excluding carboxylic acids is 1. The van der Waals surface area contributed by atoms with Gasteiger partial charge in [0.25, 0.3) is 5.91 Å². The molecule has 2 aromatic rings. The average molecular weight is 353 g/mol. The van der Waals surface area contributed by atoms with Gasteiger partial charge < -0.3 is 14.6 Å². The maximum absolute atomic E-state index is 12.8. The predicted octanol–water partition coefficient (Wildman–Crippen LogP) is 2.30. The molecule has 1 aliphatic rings. The second-order valence-electron chi connectivity index (χ2n) is 6.88. The number of fused-ring (bicyclic) bond motifs is 3. The van der Waals surface area contributed by atoms with Crippen LogP contribution in [0.4, 0.5) is 0 Å². The van der Waals surface area contributed by atoms with Crippen molar-refractivity contribution < 1.29 is 9.90 Å². The van der Waals surface area contributed by atoms with E-state index in [2.05, 4.69) is 24.1 Å². The molecule has 5 nitrogen and oxygen atoms in total. The summed E-state index contributed by atoms with van der Waals surface area (Å²) in [6, 6.07) is 8.07. The molecule has 1 aromatic carbocycles. The second kappa shape index (κ2) is 7.89. The van der Waals surface area contributed by atoms with Crippen molar-refractivity contribution in [2.75, 3.05) is 33.2 Å². The molecule has 1 N–H and O–H groups in total. The van der Waals surface area contributed by atoms with Crippen LogP contribution in [0.3, 0.4) is 0 Å². The van der Waals surface area contributed by atoms with E-state index in [1.807, 2.05) is 42.0 Å². The number of benzene rings is 1. The van der Waals surface area contributed by atoms with Crippen molar-refractivity contribution in [3.8, 4) is 0 Å². The van der Waals surface area contributed by atoms with E-state index >= 15 is 0 Å². The minimum atomic E-state index is -0.588. The first kappa shape index (κ1) is 18.4. The summed E-state index contributed by atoms with van der Waals surface area (Å²) in [6.07, 6.45) is 3.90. The summed E-state index contributed by atoms with van der Waals surface area (Å²) in [6.45, 7) is 10.5.